The summed E-state index contributed by atoms with van der Waals surface area (Å²) >= 11 is 0. The Kier molecular flexibility index (Phi) is 5.23. The van der Waals surface area contributed by atoms with Gasteiger partial charge < -0.3 is 20.0 Å². The third-order valence-corrected chi connectivity index (χ3v) is 4.47. The zero-order valence-corrected chi connectivity index (χ0v) is 15.2. The minimum atomic E-state index is -0.773. The maximum Gasteiger partial charge on any atom is 0.295 e. The molecule has 1 aliphatic rings. The lowest BCUT2D eigenvalue weighted by Gasteiger charge is -2.26. The number of aliphatic hydroxyl groups is 1. The van der Waals surface area contributed by atoms with Gasteiger partial charge in [-0.15, -0.1) is 0 Å². The van der Waals surface area contributed by atoms with Crippen molar-refractivity contribution in [2.24, 2.45) is 0 Å². The van der Waals surface area contributed by atoms with Gasteiger partial charge in [-0.2, -0.15) is 0 Å². The Morgan fingerprint density at radius 2 is 1.89 bits per heavy atom. The van der Waals surface area contributed by atoms with E-state index in [1.54, 1.807) is 24.3 Å². The number of pyridine rings is 1. The first-order valence-corrected chi connectivity index (χ1v) is 8.52. The first kappa shape index (κ1) is 18.6. The Morgan fingerprint density at radius 3 is 2.52 bits per heavy atom. The first-order chi connectivity index (χ1) is 12.9. The van der Waals surface area contributed by atoms with Crippen molar-refractivity contribution in [1.29, 1.82) is 0 Å². The van der Waals surface area contributed by atoms with Gasteiger partial charge in [-0.1, -0.05) is 12.1 Å². The highest BCUT2D eigenvalue weighted by atomic mass is 16.3. The predicted molar refractivity (Wildman–Crippen MR) is 99.9 cm³/mol. The molecule has 0 saturated carbocycles. The van der Waals surface area contributed by atoms with Gasteiger partial charge in [0.05, 0.1) is 11.6 Å². The lowest BCUT2D eigenvalue weighted by atomic mass is 9.95. The van der Waals surface area contributed by atoms with Crippen LogP contribution in [0, 0.1) is 0 Å². The van der Waals surface area contributed by atoms with E-state index in [0.29, 0.717) is 24.2 Å². The van der Waals surface area contributed by atoms with E-state index >= 15 is 0 Å². The molecule has 7 nitrogen and oxygen atoms in total. The molecule has 1 fully saturated rings. The zero-order chi connectivity index (χ0) is 19.6. The fourth-order valence-electron chi connectivity index (χ4n) is 3.13. The topological polar surface area (TPSA) is 94.0 Å². The average molecular weight is 367 g/mol. The number of Topliss-reactive ketones (excluding diaryl/α,β-unsaturated/α-hetero) is 1. The number of aromatic hydroxyl groups is 1. The molecule has 0 bridgehead atoms. The molecule has 1 saturated heterocycles. The lowest BCUT2D eigenvalue weighted by Crippen LogP contribution is -2.35. The summed E-state index contributed by atoms with van der Waals surface area (Å²) in [6, 6.07) is 8.74. The van der Waals surface area contributed by atoms with Crippen LogP contribution >= 0.6 is 0 Å². The number of ketones is 1. The Morgan fingerprint density at radius 1 is 1.19 bits per heavy atom. The van der Waals surface area contributed by atoms with Crippen molar-refractivity contribution >= 4 is 17.4 Å². The molecule has 0 radical (unpaired) electrons. The minimum absolute atomic E-state index is 0.00977. The fraction of sp³-hybridized carbons (Fsp3) is 0.250. The van der Waals surface area contributed by atoms with Gasteiger partial charge in [-0.25, -0.2) is 0 Å². The number of hydrogen-bond acceptors (Lipinski definition) is 6. The van der Waals surface area contributed by atoms with Crippen molar-refractivity contribution in [1.82, 2.24) is 14.8 Å². The number of hydrogen-bond donors (Lipinski definition) is 2. The molecule has 2 N–H and O–H groups in total. The number of nitrogens with zero attached hydrogens (tertiary/aromatic N) is 3. The number of phenols is 1. The van der Waals surface area contributed by atoms with E-state index in [0.717, 1.165) is 0 Å². The van der Waals surface area contributed by atoms with Crippen molar-refractivity contribution in [3.8, 4) is 5.75 Å². The number of amides is 1. The second-order valence-corrected chi connectivity index (χ2v) is 6.63. The lowest BCUT2D eigenvalue weighted by molar-refractivity contribution is -0.140. The zero-order valence-electron chi connectivity index (χ0n) is 15.2. The van der Waals surface area contributed by atoms with Crippen LogP contribution in [0.25, 0.3) is 5.76 Å². The van der Waals surface area contributed by atoms with Gasteiger partial charge >= 0.3 is 0 Å². The number of carbonyl (C=O) groups excluding carboxylic acids is 2. The summed E-state index contributed by atoms with van der Waals surface area (Å²) in [5, 5.41) is 20.7. The molecule has 2 heterocycles. The van der Waals surface area contributed by atoms with Gasteiger partial charge in [0.15, 0.2) is 0 Å². The van der Waals surface area contributed by atoms with E-state index in [-0.39, 0.29) is 17.1 Å². The summed E-state index contributed by atoms with van der Waals surface area (Å²) in [5.41, 5.74) is 0.972. The first-order valence-electron chi connectivity index (χ1n) is 8.52. The third kappa shape index (κ3) is 3.68. The summed E-state index contributed by atoms with van der Waals surface area (Å²) in [4.78, 5) is 32.7. The number of aliphatic hydroxyl groups excluding tert-OH is 1. The second-order valence-electron chi connectivity index (χ2n) is 6.63. The minimum Gasteiger partial charge on any atom is -0.508 e. The van der Waals surface area contributed by atoms with Crippen LogP contribution in [-0.2, 0) is 9.59 Å². The molecule has 1 amide bonds. The highest BCUT2D eigenvalue weighted by Gasteiger charge is 2.45. The Labute approximate surface area is 157 Å². The van der Waals surface area contributed by atoms with E-state index in [9.17, 15) is 19.8 Å². The van der Waals surface area contributed by atoms with Crippen LogP contribution in [-0.4, -0.2) is 63.9 Å². The predicted octanol–water partition coefficient (Wildman–Crippen LogP) is 1.77. The molecule has 7 heteroatoms. The van der Waals surface area contributed by atoms with Crippen LogP contribution in [0.2, 0.25) is 0 Å². The Bertz CT molecular complexity index is 893. The summed E-state index contributed by atoms with van der Waals surface area (Å²) in [6.07, 6.45) is 3.00. The Balaban J connectivity index is 2.15. The van der Waals surface area contributed by atoms with Crippen LogP contribution in [0.15, 0.2) is 54.4 Å². The van der Waals surface area contributed by atoms with Crippen LogP contribution in [0.1, 0.15) is 17.2 Å². The molecule has 27 heavy (non-hydrogen) atoms. The molecular formula is C20H21N3O4. The van der Waals surface area contributed by atoms with E-state index in [4.69, 9.17) is 0 Å². The van der Waals surface area contributed by atoms with Gasteiger partial charge in [-0.3, -0.25) is 14.6 Å². The number of aromatic nitrogens is 1. The molecule has 1 unspecified atom stereocenters. The largest absolute Gasteiger partial charge is 0.508 e. The van der Waals surface area contributed by atoms with E-state index in [1.165, 1.54) is 29.4 Å². The fourth-order valence-corrected chi connectivity index (χ4v) is 3.13. The molecule has 1 atom stereocenters. The second kappa shape index (κ2) is 7.59. The van der Waals surface area contributed by atoms with Crippen LogP contribution < -0.4 is 0 Å². The van der Waals surface area contributed by atoms with Gasteiger partial charge in [0.25, 0.3) is 11.7 Å². The van der Waals surface area contributed by atoms with E-state index in [1.807, 2.05) is 19.0 Å². The van der Waals surface area contributed by atoms with Crippen LogP contribution in [0.4, 0.5) is 0 Å². The number of phenolic OH excluding ortho intramolecular Hbond substituents is 1. The van der Waals surface area contributed by atoms with Crippen molar-refractivity contribution in [3.63, 3.8) is 0 Å². The molecule has 2 aromatic rings. The number of benzene rings is 1. The van der Waals surface area contributed by atoms with Gasteiger partial charge in [0.2, 0.25) is 0 Å². The van der Waals surface area contributed by atoms with Gasteiger partial charge in [0.1, 0.15) is 11.5 Å². The smallest absolute Gasteiger partial charge is 0.295 e. The maximum atomic E-state index is 12.7. The van der Waals surface area contributed by atoms with Crippen molar-refractivity contribution in [2.45, 2.75) is 6.04 Å². The summed E-state index contributed by atoms with van der Waals surface area (Å²) in [7, 11) is 3.74. The standard InChI is InChI=1S/C20H21N3O4/c1-22(2)10-11-23-17(14-4-3-5-15(24)12-14)16(19(26)20(23)27)18(25)13-6-8-21-9-7-13/h3-9,12,17,24-25H,10-11H2,1-2H3/b18-16-. The number of likely N-dealkylation sites (N-methyl/N-ethyl adjacent to an activating group) is 1. The summed E-state index contributed by atoms with van der Waals surface area (Å²) < 4.78 is 0. The molecule has 3 rings (SSSR count). The van der Waals surface area contributed by atoms with Crippen molar-refractivity contribution in [3.05, 3.63) is 65.5 Å². The number of likely N-dealkylation sites (tertiary alicyclic amines) is 1. The Hall–Kier alpha value is -3.19. The van der Waals surface area contributed by atoms with Gasteiger partial charge in [0, 0.05) is 31.0 Å². The van der Waals surface area contributed by atoms with Crippen LogP contribution in [0.3, 0.4) is 0 Å². The molecular weight excluding hydrogens is 346 g/mol. The monoisotopic (exact) mass is 367 g/mol. The summed E-state index contributed by atoms with van der Waals surface area (Å²) in [5.74, 6) is -1.64. The average Bonchev–Trinajstić information content (AvgIpc) is 2.91. The molecule has 0 spiro atoms. The van der Waals surface area contributed by atoms with E-state index < -0.39 is 17.7 Å². The normalized spacial score (nSPS) is 19.1. The van der Waals surface area contributed by atoms with Gasteiger partial charge in [-0.05, 0) is 43.9 Å². The van der Waals surface area contributed by atoms with E-state index in [2.05, 4.69) is 4.98 Å². The maximum absolute atomic E-state index is 12.7. The van der Waals surface area contributed by atoms with Crippen LogP contribution in [0.5, 0.6) is 5.75 Å². The van der Waals surface area contributed by atoms with Crippen molar-refractivity contribution < 1.29 is 19.8 Å². The SMILES string of the molecule is CN(C)CCN1C(=O)C(=O)/C(=C(\O)c2ccncc2)C1c1cccc(O)c1. The highest BCUT2D eigenvalue weighted by molar-refractivity contribution is 6.46. The molecule has 1 aliphatic heterocycles. The van der Waals surface area contributed by atoms with Crippen molar-refractivity contribution in [2.75, 3.05) is 27.2 Å². The number of carbonyl (C=O) groups is 2. The quantitative estimate of drug-likeness (QED) is 0.475. The summed E-state index contributed by atoms with van der Waals surface area (Å²) in [6.45, 7) is 0.864. The molecule has 0 aliphatic carbocycles. The molecule has 1 aromatic carbocycles. The number of rotatable bonds is 5. The highest BCUT2D eigenvalue weighted by Crippen LogP contribution is 2.39. The third-order valence-electron chi connectivity index (χ3n) is 4.47. The molecule has 140 valence electrons. The molecule has 1 aromatic heterocycles.